The van der Waals surface area contributed by atoms with Gasteiger partial charge in [-0.15, -0.1) is 0 Å². The zero-order valence-electron chi connectivity index (χ0n) is 20.3. The van der Waals surface area contributed by atoms with Crippen molar-refractivity contribution >= 4 is 17.4 Å². The van der Waals surface area contributed by atoms with E-state index < -0.39 is 17.4 Å². The van der Waals surface area contributed by atoms with E-state index in [0.29, 0.717) is 0 Å². The van der Waals surface area contributed by atoms with Crippen LogP contribution in [0.2, 0.25) is 0 Å². The van der Waals surface area contributed by atoms with E-state index in [0.717, 1.165) is 5.56 Å². The van der Waals surface area contributed by atoms with Crippen molar-refractivity contribution in [2.75, 3.05) is 24.6 Å². The fourth-order valence-corrected chi connectivity index (χ4v) is 7.44. The molecule has 3 nitrogen and oxygen atoms in total. The maximum Gasteiger partial charge on any atom is 0.124 e. The van der Waals surface area contributed by atoms with Crippen LogP contribution in [0, 0.1) is 6.92 Å². The Kier molecular flexibility index (Phi) is 16.9. The number of aryl methyl sites for hydroxylation is 1. The van der Waals surface area contributed by atoms with Crippen molar-refractivity contribution in [3.63, 3.8) is 0 Å². The summed E-state index contributed by atoms with van der Waals surface area (Å²) in [6.07, 6.45) is 20.7. The highest BCUT2D eigenvalue weighted by Crippen LogP contribution is 2.58. The molecule has 176 valence electrons. The van der Waals surface area contributed by atoms with E-state index in [1.807, 2.05) is 6.92 Å². The highest BCUT2D eigenvalue weighted by Gasteiger charge is 2.29. The first-order valence-corrected chi connectivity index (χ1v) is 16.1. The monoisotopic (exact) mass is 458 g/mol. The van der Waals surface area contributed by atoms with E-state index in [1.54, 1.807) is 18.3 Å². The Labute approximate surface area is 188 Å². The highest BCUT2D eigenvalue weighted by molar-refractivity contribution is 7.85. The molecule has 0 aliphatic heterocycles. The third kappa shape index (κ3) is 13.8. The van der Waals surface area contributed by atoms with Crippen LogP contribution in [0.3, 0.4) is 0 Å². The van der Waals surface area contributed by atoms with Crippen LogP contribution in [0.25, 0.3) is 0 Å². The standard InChI is InChI=1S/C18H40P.C7H8O3S/c1-5-9-10-11-12-13-14-15-16-17-18-19(6-2,7-3)8-4;1-6-2-4-7(5-3-6)11(8,9)10/h5-18H2,1-4H3;2-5H,1H3,(H,8,9,10)/q+1;/p-1. The molecule has 0 N–H and O–H groups in total. The maximum absolute atomic E-state index is 10.4. The van der Waals surface area contributed by atoms with E-state index in [4.69, 9.17) is 0 Å². The third-order valence-electron chi connectivity index (χ3n) is 6.31. The van der Waals surface area contributed by atoms with Crippen LogP contribution in [0.1, 0.15) is 97.5 Å². The van der Waals surface area contributed by atoms with Gasteiger partial charge in [-0.1, -0.05) is 76.0 Å². The molecule has 0 aromatic heterocycles. The summed E-state index contributed by atoms with van der Waals surface area (Å²) in [7, 11) is -4.78. The van der Waals surface area contributed by atoms with E-state index in [2.05, 4.69) is 27.7 Å². The number of unbranched alkanes of at least 4 members (excludes halogenated alkanes) is 9. The molecular weight excluding hydrogens is 411 g/mol. The van der Waals surface area contributed by atoms with Gasteiger partial charge in [0.1, 0.15) is 10.1 Å². The summed E-state index contributed by atoms with van der Waals surface area (Å²) in [4.78, 5) is -0.178. The smallest absolute Gasteiger partial charge is 0.124 e. The van der Waals surface area contributed by atoms with E-state index in [9.17, 15) is 13.0 Å². The molecule has 0 fully saturated rings. The first-order valence-electron chi connectivity index (χ1n) is 12.1. The molecule has 0 aliphatic carbocycles. The lowest BCUT2D eigenvalue weighted by molar-refractivity contribution is 0.463. The van der Waals surface area contributed by atoms with Gasteiger partial charge in [-0.25, -0.2) is 8.42 Å². The summed E-state index contributed by atoms with van der Waals surface area (Å²) in [6.45, 7) is 11.4. The predicted molar refractivity (Wildman–Crippen MR) is 134 cm³/mol. The van der Waals surface area contributed by atoms with Gasteiger partial charge in [-0.2, -0.15) is 0 Å². The Morgan fingerprint density at radius 2 is 1.10 bits per heavy atom. The van der Waals surface area contributed by atoms with Crippen LogP contribution >= 0.6 is 7.26 Å². The van der Waals surface area contributed by atoms with Crippen LogP contribution in [0.4, 0.5) is 0 Å². The van der Waals surface area contributed by atoms with Crippen LogP contribution in [0.15, 0.2) is 29.2 Å². The molecule has 0 radical (unpaired) electrons. The van der Waals surface area contributed by atoms with Gasteiger partial charge in [0.15, 0.2) is 0 Å². The summed E-state index contributed by atoms with van der Waals surface area (Å²) in [6, 6.07) is 5.78. The maximum atomic E-state index is 10.4. The number of hydrogen-bond acceptors (Lipinski definition) is 3. The normalized spacial score (nSPS) is 11.8. The Balaban J connectivity index is 0.000000642. The zero-order chi connectivity index (χ0) is 22.9. The minimum absolute atomic E-state index is 0.178. The molecular formula is C25H47O3PS. The molecule has 5 heteroatoms. The SMILES string of the molecule is CCCCCCCCCCCC[P+](CC)(CC)CC.Cc1ccc(S(=O)(=O)[O-])cc1. The van der Waals surface area contributed by atoms with Gasteiger partial charge in [0.25, 0.3) is 0 Å². The van der Waals surface area contributed by atoms with Gasteiger partial charge < -0.3 is 4.55 Å². The van der Waals surface area contributed by atoms with Crippen molar-refractivity contribution < 1.29 is 13.0 Å². The average Bonchev–Trinajstić information content (AvgIpc) is 2.73. The van der Waals surface area contributed by atoms with Crippen LogP contribution < -0.4 is 0 Å². The first kappa shape index (κ1) is 29.6. The summed E-state index contributed by atoms with van der Waals surface area (Å²) in [5.74, 6) is 0. The Bertz CT molecular complexity index is 614. The molecule has 1 aromatic carbocycles. The van der Waals surface area contributed by atoms with Crippen molar-refractivity contribution in [1.82, 2.24) is 0 Å². The van der Waals surface area contributed by atoms with Gasteiger partial charge in [0, 0.05) is 7.26 Å². The highest BCUT2D eigenvalue weighted by atomic mass is 32.2. The Morgan fingerprint density at radius 1 is 0.700 bits per heavy atom. The lowest BCUT2D eigenvalue weighted by Crippen LogP contribution is -2.07. The van der Waals surface area contributed by atoms with Gasteiger partial charge in [0.2, 0.25) is 0 Å². The summed E-state index contributed by atoms with van der Waals surface area (Å²) in [5.41, 5.74) is 0.928. The quantitative estimate of drug-likeness (QED) is 0.152. The van der Waals surface area contributed by atoms with Crippen molar-refractivity contribution in [3.8, 4) is 0 Å². The zero-order valence-corrected chi connectivity index (χ0v) is 22.0. The summed E-state index contributed by atoms with van der Waals surface area (Å²) >= 11 is 0. The lowest BCUT2D eigenvalue weighted by atomic mass is 10.1. The number of hydrogen-bond donors (Lipinski definition) is 0. The first-order chi connectivity index (χ1) is 14.2. The molecule has 30 heavy (non-hydrogen) atoms. The molecule has 1 aromatic rings. The summed E-state index contributed by atoms with van der Waals surface area (Å²) < 4.78 is 31.2. The topological polar surface area (TPSA) is 57.2 Å². The van der Waals surface area contributed by atoms with Crippen LogP contribution in [0.5, 0.6) is 0 Å². The number of rotatable bonds is 15. The van der Waals surface area contributed by atoms with Crippen molar-refractivity contribution in [1.29, 1.82) is 0 Å². The average molecular weight is 459 g/mol. The second-order valence-electron chi connectivity index (χ2n) is 8.46. The molecule has 1 rings (SSSR count). The molecule has 0 saturated carbocycles. The minimum atomic E-state index is -4.27. The fourth-order valence-electron chi connectivity index (χ4n) is 3.78. The third-order valence-corrected chi connectivity index (χ3v) is 12.4. The molecule has 0 heterocycles. The van der Waals surface area contributed by atoms with Gasteiger partial charge >= 0.3 is 0 Å². The molecule has 0 amide bonds. The Morgan fingerprint density at radius 3 is 1.47 bits per heavy atom. The molecule has 0 spiro atoms. The van der Waals surface area contributed by atoms with Crippen molar-refractivity contribution in [3.05, 3.63) is 29.8 Å². The molecule has 0 atom stereocenters. The molecule has 0 saturated heterocycles. The minimum Gasteiger partial charge on any atom is -0.744 e. The second kappa shape index (κ2) is 17.2. The fraction of sp³-hybridized carbons (Fsp3) is 0.760. The largest absolute Gasteiger partial charge is 0.744 e. The van der Waals surface area contributed by atoms with E-state index >= 15 is 0 Å². The summed E-state index contributed by atoms with van der Waals surface area (Å²) in [5, 5.41) is 0. The molecule has 0 aliphatic rings. The second-order valence-corrected chi connectivity index (χ2v) is 14.9. The predicted octanol–water partition coefficient (Wildman–Crippen LogP) is 7.88. The number of benzene rings is 1. The van der Waals surface area contributed by atoms with Gasteiger partial charge in [-0.05, 0) is 52.7 Å². The lowest BCUT2D eigenvalue weighted by Gasteiger charge is -2.23. The van der Waals surface area contributed by atoms with Crippen molar-refractivity contribution in [2.24, 2.45) is 0 Å². The van der Waals surface area contributed by atoms with Crippen molar-refractivity contribution in [2.45, 2.75) is 104 Å². The van der Waals surface area contributed by atoms with E-state index in [-0.39, 0.29) is 4.90 Å². The Hall–Kier alpha value is -0.440. The van der Waals surface area contributed by atoms with Gasteiger partial charge in [-0.3, -0.25) is 0 Å². The van der Waals surface area contributed by atoms with Crippen LogP contribution in [-0.4, -0.2) is 37.6 Å². The van der Waals surface area contributed by atoms with Crippen LogP contribution in [-0.2, 0) is 10.1 Å². The molecule has 0 unspecified atom stereocenters. The van der Waals surface area contributed by atoms with E-state index in [1.165, 1.54) is 94.8 Å². The molecule has 0 bridgehead atoms. The van der Waals surface area contributed by atoms with Gasteiger partial charge in [0.05, 0.1) is 29.5 Å².